The Hall–Kier alpha value is -1.43. The number of amides is 1. The van der Waals surface area contributed by atoms with Gasteiger partial charge in [0.1, 0.15) is 0 Å². The molecule has 1 aromatic carbocycles. The van der Waals surface area contributed by atoms with E-state index >= 15 is 0 Å². The highest BCUT2D eigenvalue weighted by atomic mass is 16.5. The number of carbonyl (C=O) groups is 1. The summed E-state index contributed by atoms with van der Waals surface area (Å²) in [4.78, 5) is 17.0. The molecule has 1 unspecified atom stereocenters. The van der Waals surface area contributed by atoms with Gasteiger partial charge < -0.3 is 14.7 Å². The molecule has 23 heavy (non-hydrogen) atoms. The smallest absolute Gasteiger partial charge is 0.256 e. The van der Waals surface area contributed by atoms with Crippen molar-refractivity contribution in [1.82, 2.24) is 9.80 Å². The molecule has 1 aromatic rings. The molecular weight excluding hydrogens is 292 g/mol. The molecule has 1 saturated heterocycles. The number of aliphatic hydroxyl groups excluding tert-OH is 1. The quantitative estimate of drug-likeness (QED) is 0.897. The second kappa shape index (κ2) is 7.90. The highest BCUT2D eigenvalue weighted by Gasteiger charge is 2.32. The van der Waals surface area contributed by atoms with Gasteiger partial charge >= 0.3 is 0 Å². The molecule has 1 fully saturated rings. The normalized spacial score (nSPS) is 18.0. The van der Waals surface area contributed by atoms with Crippen LogP contribution in [0.5, 0.6) is 0 Å². The van der Waals surface area contributed by atoms with Crippen LogP contribution in [-0.4, -0.2) is 65.7 Å². The van der Waals surface area contributed by atoms with Gasteiger partial charge in [-0.2, -0.15) is 0 Å². The van der Waals surface area contributed by atoms with Gasteiger partial charge in [-0.05, 0) is 26.3 Å². The van der Waals surface area contributed by atoms with Gasteiger partial charge in [-0.25, -0.2) is 0 Å². The van der Waals surface area contributed by atoms with Gasteiger partial charge in [0.25, 0.3) is 5.91 Å². The van der Waals surface area contributed by atoms with E-state index in [1.807, 2.05) is 56.0 Å². The third kappa shape index (κ3) is 5.30. The van der Waals surface area contributed by atoms with E-state index < -0.39 is 11.7 Å². The van der Waals surface area contributed by atoms with Crippen molar-refractivity contribution in [3.63, 3.8) is 0 Å². The molecule has 5 heteroatoms. The van der Waals surface area contributed by atoms with Crippen molar-refractivity contribution in [3.8, 4) is 0 Å². The summed E-state index contributed by atoms with van der Waals surface area (Å²) < 4.78 is 6.07. The van der Waals surface area contributed by atoms with Crippen LogP contribution in [0, 0.1) is 0 Å². The number of β-amino-alcohol motifs (C(OH)–C–C–N with tert-alkyl or cyclic N) is 1. The lowest BCUT2D eigenvalue weighted by Crippen LogP contribution is -2.51. The van der Waals surface area contributed by atoms with Crippen LogP contribution in [0.4, 0.5) is 0 Å². The maximum absolute atomic E-state index is 13.0. The molecule has 1 N–H and O–H groups in total. The van der Waals surface area contributed by atoms with E-state index in [0.717, 1.165) is 18.7 Å². The number of hydrogen-bond donors (Lipinski definition) is 1. The Balaban J connectivity index is 2.08. The highest BCUT2D eigenvalue weighted by Crippen LogP contribution is 2.26. The summed E-state index contributed by atoms with van der Waals surface area (Å²) in [5.41, 5.74) is 0.500. The van der Waals surface area contributed by atoms with Crippen molar-refractivity contribution < 1.29 is 14.6 Å². The summed E-state index contributed by atoms with van der Waals surface area (Å²) in [5, 5.41) is 9.02. The fourth-order valence-corrected chi connectivity index (χ4v) is 2.74. The van der Waals surface area contributed by atoms with Crippen LogP contribution in [0.1, 0.15) is 32.4 Å². The van der Waals surface area contributed by atoms with E-state index in [-0.39, 0.29) is 12.5 Å². The lowest BCUT2D eigenvalue weighted by Gasteiger charge is -2.37. The Morgan fingerprint density at radius 2 is 1.78 bits per heavy atom. The van der Waals surface area contributed by atoms with Crippen molar-refractivity contribution in [1.29, 1.82) is 0 Å². The highest BCUT2D eigenvalue weighted by molar-refractivity contribution is 5.82. The van der Waals surface area contributed by atoms with Crippen molar-refractivity contribution in [2.75, 3.05) is 39.3 Å². The third-order valence-electron chi connectivity index (χ3n) is 3.90. The van der Waals surface area contributed by atoms with Gasteiger partial charge in [0.2, 0.25) is 0 Å². The summed E-state index contributed by atoms with van der Waals surface area (Å²) in [6, 6.07) is 9.68. The molecule has 1 aliphatic heterocycles. The van der Waals surface area contributed by atoms with E-state index in [4.69, 9.17) is 9.84 Å². The third-order valence-corrected chi connectivity index (χ3v) is 3.90. The van der Waals surface area contributed by atoms with Crippen LogP contribution >= 0.6 is 0 Å². The van der Waals surface area contributed by atoms with Gasteiger partial charge in [0.15, 0.2) is 6.10 Å². The summed E-state index contributed by atoms with van der Waals surface area (Å²) in [6.07, 6.45) is -0.569. The van der Waals surface area contributed by atoms with Crippen LogP contribution < -0.4 is 0 Å². The summed E-state index contributed by atoms with van der Waals surface area (Å²) >= 11 is 0. The van der Waals surface area contributed by atoms with E-state index in [0.29, 0.717) is 19.6 Å². The number of carbonyl (C=O) groups excluding carboxylic acids is 1. The summed E-state index contributed by atoms with van der Waals surface area (Å²) in [5.74, 6) is 0.0229. The molecule has 0 saturated carbocycles. The minimum Gasteiger partial charge on any atom is -0.395 e. The van der Waals surface area contributed by atoms with Crippen LogP contribution in [0.25, 0.3) is 0 Å². The Morgan fingerprint density at radius 3 is 2.30 bits per heavy atom. The van der Waals surface area contributed by atoms with E-state index in [1.165, 1.54) is 0 Å². The zero-order valence-corrected chi connectivity index (χ0v) is 14.4. The second-order valence-corrected chi connectivity index (χ2v) is 6.91. The van der Waals surface area contributed by atoms with Crippen LogP contribution in [-0.2, 0) is 9.53 Å². The molecule has 0 aromatic heterocycles. The molecule has 0 radical (unpaired) electrons. The SMILES string of the molecule is CC(C)(C)OC(C(=O)N1CCN(CCO)CC1)c1ccccc1. The van der Waals surface area contributed by atoms with E-state index in [1.54, 1.807) is 0 Å². The van der Waals surface area contributed by atoms with Gasteiger partial charge in [0, 0.05) is 32.7 Å². The lowest BCUT2D eigenvalue weighted by atomic mass is 10.1. The predicted molar refractivity (Wildman–Crippen MR) is 90.1 cm³/mol. The van der Waals surface area contributed by atoms with Crippen molar-refractivity contribution in [2.24, 2.45) is 0 Å². The predicted octanol–water partition coefficient (Wildman–Crippen LogP) is 1.68. The molecule has 1 heterocycles. The van der Waals surface area contributed by atoms with Gasteiger partial charge in [-0.3, -0.25) is 9.69 Å². The summed E-state index contributed by atoms with van der Waals surface area (Å²) in [7, 11) is 0. The van der Waals surface area contributed by atoms with Gasteiger partial charge in [-0.15, -0.1) is 0 Å². The summed E-state index contributed by atoms with van der Waals surface area (Å²) in [6.45, 7) is 9.68. The van der Waals surface area contributed by atoms with Crippen molar-refractivity contribution in [3.05, 3.63) is 35.9 Å². The minimum absolute atomic E-state index is 0.0229. The van der Waals surface area contributed by atoms with Crippen LogP contribution in [0.3, 0.4) is 0 Å². The maximum atomic E-state index is 13.0. The largest absolute Gasteiger partial charge is 0.395 e. The average molecular weight is 320 g/mol. The van der Waals surface area contributed by atoms with E-state index in [2.05, 4.69) is 4.90 Å². The number of benzene rings is 1. The first-order chi connectivity index (χ1) is 10.9. The average Bonchev–Trinajstić information content (AvgIpc) is 2.53. The van der Waals surface area contributed by atoms with Crippen molar-refractivity contribution >= 4 is 5.91 Å². The Labute approximate surface area is 138 Å². The first kappa shape index (κ1) is 17.9. The Kier molecular flexibility index (Phi) is 6.16. The molecule has 128 valence electrons. The Bertz CT molecular complexity index is 491. The molecule has 0 spiro atoms. The minimum atomic E-state index is -0.569. The number of piperazine rings is 1. The lowest BCUT2D eigenvalue weighted by molar-refractivity contribution is -0.155. The van der Waals surface area contributed by atoms with Gasteiger partial charge in [-0.1, -0.05) is 30.3 Å². The fourth-order valence-electron chi connectivity index (χ4n) is 2.74. The van der Waals surface area contributed by atoms with Gasteiger partial charge in [0.05, 0.1) is 12.2 Å². The number of rotatable bonds is 5. The molecule has 1 amide bonds. The fraction of sp³-hybridized carbons (Fsp3) is 0.611. The standard InChI is InChI=1S/C18H28N2O3/c1-18(2,3)23-16(15-7-5-4-6-8-15)17(22)20-11-9-19(10-12-20)13-14-21/h4-8,16,21H,9-14H2,1-3H3. The molecule has 0 aliphatic carbocycles. The monoisotopic (exact) mass is 320 g/mol. The number of nitrogens with zero attached hydrogens (tertiary/aromatic N) is 2. The molecule has 1 atom stereocenters. The first-order valence-electron chi connectivity index (χ1n) is 8.25. The maximum Gasteiger partial charge on any atom is 0.256 e. The topological polar surface area (TPSA) is 53.0 Å². The first-order valence-corrected chi connectivity index (χ1v) is 8.25. The number of ether oxygens (including phenoxy) is 1. The zero-order valence-electron chi connectivity index (χ0n) is 14.4. The molecule has 0 bridgehead atoms. The molecule has 5 nitrogen and oxygen atoms in total. The van der Waals surface area contributed by atoms with Crippen LogP contribution in [0.2, 0.25) is 0 Å². The molecule has 1 aliphatic rings. The zero-order chi connectivity index (χ0) is 16.9. The Morgan fingerprint density at radius 1 is 1.17 bits per heavy atom. The molecular formula is C18H28N2O3. The molecule has 2 rings (SSSR count). The van der Waals surface area contributed by atoms with Crippen molar-refractivity contribution in [2.45, 2.75) is 32.5 Å². The second-order valence-electron chi connectivity index (χ2n) is 6.91. The number of hydrogen-bond acceptors (Lipinski definition) is 4. The number of aliphatic hydroxyl groups is 1. The van der Waals surface area contributed by atoms with Crippen LogP contribution in [0.15, 0.2) is 30.3 Å². The van der Waals surface area contributed by atoms with E-state index in [9.17, 15) is 4.79 Å².